The SMILES string of the molecule is CN(CCCN(CCN1C(=O)c2cccc3cccc(c23)C1=O)Cc1ccccc1)CCN1C(=O)c2cccc3c(-n4ccnc4)ccc(c23)C1=O. The zero-order valence-corrected chi connectivity index (χ0v) is 28.9. The molecule has 1 aromatic heterocycles. The number of imidazole rings is 1. The maximum absolute atomic E-state index is 13.7. The predicted octanol–water partition coefficient (Wildman–Crippen LogP) is 5.90. The molecule has 0 saturated carbocycles. The Morgan fingerprint density at radius 3 is 1.87 bits per heavy atom. The van der Waals surface area contributed by atoms with E-state index in [0.717, 1.165) is 46.9 Å². The smallest absolute Gasteiger partial charge is 0.261 e. The van der Waals surface area contributed by atoms with Crippen molar-refractivity contribution in [2.24, 2.45) is 0 Å². The summed E-state index contributed by atoms with van der Waals surface area (Å²) < 4.78 is 1.88. The largest absolute Gasteiger partial charge is 0.306 e. The minimum atomic E-state index is -0.283. The Labute approximate surface area is 301 Å². The van der Waals surface area contributed by atoms with Crippen LogP contribution < -0.4 is 0 Å². The molecule has 0 radical (unpaired) electrons. The molecule has 0 aliphatic carbocycles. The van der Waals surface area contributed by atoms with E-state index < -0.39 is 0 Å². The first-order chi connectivity index (χ1) is 25.4. The molecule has 4 amide bonds. The van der Waals surface area contributed by atoms with Gasteiger partial charge in [-0.3, -0.25) is 33.9 Å². The Hall–Kier alpha value is -5.97. The second-order valence-corrected chi connectivity index (χ2v) is 13.5. The number of likely N-dealkylation sites (N-methyl/N-ethyl adjacent to an activating group) is 1. The number of rotatable bonds is 13. The second-order valence-electron chi connectivity index (χ2n) is 13.5. The molecule has 0 bridgehead atoms. The highest BCUT2D eigenvalue weighted by molar-refractivity contribution is 6.27. The van der Waals surface area contributed by atoms with Crippen molar-refractivity contribution in [1.82, 2.24) is 29.2 Å². The fraction of sp³-hybridized carbons (Fsp3) is 0.214. The average Bonchev–Trinajstić information content (AvgIpc) is 3.71. The van der Waals surface area contributed by atoms with Crippen molar-refractivity contribution in [2.75, 3.05) is 46.3 Å². The molecule has 260 valence electrons. The van der Waals surface area contributed by atoms with E-state index in [9.17, 15) is 19.2 Å². The summed E-state index contributed by atoms with van der Waals surface area (Å²) in [6.07, 6.45) is 6.06. The third kappa shape index (κ3) is 6.06. The minimum absolute atomic E-state index is 0.256. The lowest BCUT2D eigenvalue weighted by molar-refractivity contribution is 0.0582. The summed E-state index contributed by atoms with van der Waals surface area (Å²) in [6, 6.07) is 30.6. The van der Waals surface area contributed by atoms with E-state index in [0.29, 0.717) is 47.3 Å². The second kappa shape index (κ2) is 14.0. The highest BCUT2D eigenvalue weighted by Gasteiger charge is 2.34. The van der Waals surface area contributed by atoms with E-state index in [-0.39, 0.29) is 36.7 Å². The van der Waals surface area contributed by atoms with Crippen LogP contribution in [0.1, 0.15) is 53.4 Å². The van der Waals surface area contributed by atoms with Crippen molar-refractivity contribution in [3.63, 3.8) is 0 Å². The maximum atomic E-state index is 13.7. The third-order valence-electron chi connectivity index (χ3n) is 10.2. The first-order valence-corrected chi connectivity index (χ1v) is 17.6. The monoisotopic (exact) mass is 690 g/mol. The van der Waals surface area contributed by atoms with Crippen LogP contribution in [0.15, 0.2) is 116 Å². The van der Waals surface area contributed by atoms with Crippen molar-refractivity contribution in [3.05, 3.63) is 144 Å². The van der Waals surface area contributed by atoms with Crippen LogP contribution in [0.4, 0.5) is 0 Å². The van der Waals surface area contributed by atoms with Gasteiger partial charge in [0.25, 0.3) is 23.6 Å². The summed E-state index contributed by atoms with van der Waals surface area (Å²) in [5, 5.41) is 3.14. The van der Waals surface area contributed by atoms with Crippen molar-refractivity contribution in [1.29, 1.82) is 0 Å². The van der Waals surface area contributed by atoms with Crippen LogP contribution in [0.2, 0.25) is 0 Å². The van der Waals surface area contributed by atoms with E-state index in [2.05, 4.69) is 26.9 Å². The quantitative estimate of drug-likeness (QED) is 0.139. The lowest BCUT2D eigenvalue weighted by Crippen LogP contribution is -2.45. The van der Waals surface area contributed by atoms with E-state index >= 15 is 0 Å². The molecule has 0 fully saturated rings. The lowest BCUT2D eigenvalue weighted by atomic mass is 9.93. The Balaban J connectivity index is 0.906. The van der Waals surface area contributed by atoms with E-state index in [1.165, 1.54) is 9.80 Å². The maximum Gasteiger partial charge on any atom is 0.261 e. The van der Waals surface area contributed by atoms with Gasteiger partial charge in [0, 0.05) is 83.5 Å². The number of nitrogens with zero attached hydrogens (tertiary/aromatic N) is 6. The lowest BCUT2D eigenvalue weighted by Gasteiger charge is -2.31. The van der Waals surface area contributed by atoms with Crippen LogP contribution in [0, 0.1) is 0 Å². The third-order valence-corrected chi connectivity index (χ3v) is 10.2. The predicted molar refractivity (Wildman–Crippen MR) is 200 cm³/mol. The number of hydrogen-bond acceptors (Lipinski definition) is 7. The molecule has 52 heavy (non-hydrogen) atoms. The van der Waals surface area contributed by atoms with Crippen LogP contribution in [0.5, 0.6) is 0 Å². The van der Waals surface area contributed by atoms with Crippen LogP contribution in [-0.2, 0) is 6.54 Å². The van der Waals surface area contributed by atoms with Gasteiger partial charge in [-0.05, 0) is 67.8 Å². The van der Waals surface area contributed by atoms with Crippen LogP contribution >= 0.6 is 0 Å². The molecule has 8 rings (SSSR count). The van der Waals surface area contributed by atoms with Crippen LogP contribution in [0.25, 0.3) is 27.2 Å². The van der Waals surface area contributed by atoms with Gasteiger partial charge in [0.1, 0.15) is 0 Å². The molecule has 2 aliphatic rings. The molecule has 10 nitrogen and oxygen atoms in total. The molecule has 5 aromatic carbocycles. The highest BCUT2D eigenvalue weighted by atomic mass is 16.2. The van der Waals surface area contributed by atoms with Gasteiger partial charge in [-0.2, -0.15) is 0 Å². The normalized spacial score (nSPS) is 14.1. The molecule has 2 aliphatic heterocycles. The average molecular weight is 691 g/mol. The Bertz CT molecular complexity index is 2270. The van der Waals surface area contributed by atoms with Gasteiger partial charge >= 0.3 is 0 Å². The summed E-state index contributed by atoms with van der Waals surface area (Å²) in [4.78, 5) is 65.7. The van der Waals surface area contributed by atoms with Gasteiger partial charge in [0.2, 0.25) is 0 Å². The summed E-state index contributed by atoms with van der Waals surface area (Å²) in [5.41, 5.74) is 4.20. The first kappa shape index (κ1) is 33.2. The number of aromatic nitrogens is 2. The van der Waals surface area contributed by atoms with Crippen molar-refractivity contribution < 1.29 is 19.2 Å². The fourth-order valence-corrected chi connectivity index (χ4v) is 7.54. The minimum Gasteiger partial charge on any atom is -0.306 e. The van der Waals surface area contributed by atoms with Gasteiger partial charge in [-0.15, -0.1) is 0 Å². The molecular weight excluding hydrogens is 652 g/mol. The fourth-order valence-electron chi connectivity index (χ4n) is 7.54. The standard InChI is InChI=1S/C42H38N6O4/c1-44(23-25-47-41(51)34-16-7-13-31-36(46-22-19-43-28-46)18-17-35(38(31)34)42(47)52)20-8-21-45(27-29-9-3-2-4-10-29)24-26-48-39(49)32-14-5-11-30-12-6-15-33(37(30)32)40(48)50/h2-7,9-19,22,28H,8,20-21,23-27H2,1H3. The van der Waals surface area contributed by atoms with Gasteiger partial charge in [-0.25, -0.2) is 4.98 Å². The first-order valence-electron chi connectivity index (χ1n) is 17.6. The van der Waals surface area contributed by atoms with Gasteiger partial charge < -0.3 is 9.47 Å². The Morgan fingerprint density at radius 1 is 0.596 bits per heavy atom. The van der Waals surface area contributed by atoms with Crippen LogP contribution in [0.3, 0.4) is 0 Å². The summed E-state index contributed by atoms with van der Waals surface area (Å²) in [7, 11) is 2.00. The number of imide groups is 2. The van der Waals surface area contributed by atoms with Gasteiger partial charge in [-0.1, -0.05) is 66.7 Å². The van der Waals surface area contributed by atoms with Gasteiger partial charge in [0.15, 0.2) is 0 Å². The molecule has 0 N–H and O–H groups in total. The summed E-state index contributed by atoms with van der Waals surface area (Å²) in [6.45, 7) is 3.75. The van der Waals surface area contributed by atoms with Crippen molar-refractivity contribution >= 4 is 45.2 Å². The van der Waals surface area contributed by atoms with Crippen molar-refractivity contribution in [2.45, 2.75) is 13.0 Å². The number of carbonyl (C=O) groups is 4. The highest BCUT2D eigenvalue weighted by Crippen LogP contribution is 2.34. The molecule has 3 heterocycles. The number of amides is 4. The summed E-state index contributed by atoms with van der Waals surface area (Å²) >= 11 is 0. The van der Waals surface area contributed by atoms with E-state index in [1.54, 1.807) is 36.8 Å². The van der Waals surface area contributed by atoms with Gasteiger partial charge in [0.05, 0.1) is 12.0 Å². The zero-order valence-electron chi connectivity index (χ0n) is 28.9. The molecular formula is C42H38N6O4. The Kier molecular flexibility index (Phi) is 8.92. The molecule has 0 spiro atoms. The number of carbonyl (C=O) groups excluding carboxylic acids is 4. The van der Waals surface area contributed by atoms with Crippen molar-refractivity contribution in [3.8, 4) is 5.69 Å². The topological polar surface area (TPSA) is 99.1 Å². The molecule has 6 aromatic rings. The summed E-state index contributed by atoms with van der Waals surface area (Å²) in [5.74, 6) is -1.08. The molecule has 0 unspecified atom stereocenters. The zero-order chi connectivity index (χ0) is 35.8. The molecule has 0 saturated heterocycles. The number of benzene rings is 5. The van der Waals surface area contributed by atoms with Crippen LogP contribution in [-0.4, -0.2) is 99.1 Å². The molecule has 0 atom stereocenters. The Morgan fingerprint density at radius 2 is 1.21 bits per heavy atom. The van der Waals surface area contributed by atoms with E-state index in [4.69, 9.17) is 0 Å². The van der Waals surface area contributed by atoms with E-state index in [1.807, 2.05) is 78.5 Å². The molecule has 10 heteroatoms. The number of hydrogen-bond donors (Lipinski definition) is 0.